The van der Waals surface area contributed by atoms with Gasteiger partial charge in [-0.2, -0.15) is 0 Å². The molecule has 188 valence electrons. The van der Waals surface area contributed by atoms with E-state index >= 15 is 0 Å². The van der Waals surface area contributed by atoms with E-state index in [1.807, 2.05) is 6.92 Å². The van der Waals surface area contributed by atoms with Crippen molar-refractivity contribution in [2.24, 2.45) is 0 Å². The van der Waals surface area contributed by atoms with E-state index in [0.29, 0.717) is 51.2 Å². The summed E-state index contributed by atoms with van der Waals surface area (Å²) < 4.78 is 11.5. The highest BCUT2D eigenvalue weighted by molar-refractivity contribution is 6.30. The van der Waals surface area contributed by atoms with Crippen molar-refractivity contribution in [2.75, 3.05) is 19.0 Å². The number of halogens is 1. The van der Waals surface area contributed by atoms with Gasteiger partial charge < -0.3 is 24.8 Å². The fourth-order valence-corrected chi connectivity index (χ4v) is 3.67. The average Bonchev–Trinajstić information content (AvgIpc) is 2.84. The van der Waals surface area contributed by atoms with E-state index in [4.69, 9.17) is 26.2 Å². The topological polar surface area (TPSA) is 105 Å². The predicted octanol–water partition coefficient (Wildman–Crippen LogP) is 5.39. The highest BCUT2D eigenvalue weighted by Gasteiger charge is 2.16. The van der Waals surface area contributed by atoms with Gasteiger partial charge in [0.25, 0.3) is 5.91 Å². The predicted molar refractivity (Wildman–Crippen MR) is 137 cm³/mol. The number of anilines is 1. The quantitative estimate of drug-likeness (QED) is 0.379. The number of carbonyl (C=O) groups is 3. The van der Waals surface area contributed by atoms with E-state index in [0.717, 1.165) is 0 Å². The summed E-state index contributed by atoms with van der Waals surface area (Å²) in [4.78, 5) is 37.6. The van der Waals surface area contributed by atoms with E-state index in [1.54, 1.807) is 65.6 Å². The van der Waals surface area contributed by atoms with Crippen molar-refractivity contribution in [2.45, 2.75) is 26.8 Å². The number of rotatable bonds is 10. The smallest absolute Gasteiger partial charge is 0.307 e. The number of hydrogen-bond acceptors (Lipinski definition) is 5. The molecule has 0 aliphatic heterocycles. The fourth-order valence-electron chi connectivity index (χ4n) is 3.54. The van der Waals surface area contributed by atoms with Crippen LogP contribution >= 0.6 is 11.6 Å². The number of nitrogens with zero attached hydrogens (tertiary/aromatic N) is 1. The Balaban J connectivity index is 1.95. The van der Waals surface area contributed by atoms with Crippen molar-refractivity contribution in [1.29, 1.82) is 0 Å². The van der Waals surface area contributed by atoms with Crippen LogP contribution in [0.15, 0.2) is 60.7 Å². The first-order valence-electron chi connectivity index (χ1n) is 11.2. The van der Waals surface area contributed by atoms with E-state index in [2.05, 4.69) is 5.32 Å². The van der Waals surface area contributed by atoms with Gasteiger partial charge in [-0.1, -0.05) is 17.7 Å². The molecule has 0 saturated heterocycles. The third-order valence-corrected chi connectivity index (χ3v) is 5.67. The number of carbonyl (C=O) groups excluding carboxylic acids is 2. The van der Waals surface area contributed by atoms with Crippen molar-refractivity contribution >= 4 is 35.1 Å². The molecule has 2 N–H and O–H groups in total. The fraction of sp³-hybridized carbons (Fsp3) is 0.222. The molecule has 3 aromatic rings. The second kappa shape index (κ2) is 12.1. The molecule has 0 aliphatic rings. The zero-order valence-corrected chi connectivity index (χ0v) is 21.0. The van der Waals surface area contributed by atoms with Gasteiger partial charge in [-0.25, -0.2) is 0 Å². The van der Waals surface area contributed by atoms with Crippen LogP contribution in [0.1, 0.15) is 35.3 Å². The minimum atomic E-state index is -0.965. The lowest BCUT2D eigenvalue weighted by Crippen LogP contribution is -2.28. The molecule has 0 aromatic heterocycles. The Labute approximate surface area is 214 Å². The lowest BCUT2D eigenvalue weighted by molar-refractivity contribution is -0.136. The SMILES string of the molecule is CCN(Cc1cc(NC(=O)c2ccc(Cl)cc2)ccc1Oc1cc(CC(=O)O)ccc1OC)C(C)=O. The highest BCUT2D eigenvalue weighted by Crippen LogP contribution is 2.35. The number of carboxylic acids is 1. The molecule has 3 aromatic carbocycles. The molecule has 0 spiro atoms. The summed E-state index contributed by atoms with van der Waals surface area (Å²) in [6, 6.07) is 16.5. The molecule has 3 rings (SSSR count). The van der Waals surface area contributed by atoms with Crippen LogP contribution in [0, 0.1) is 0 Å². The molecular formula is C27H27ClN2O6. The van der Waals surface area contributed by atoms with E-state index in [-0.39, 0.29) is 24.8 Å². The Morgan fingerprint density at radius 1 is 0.972 bits per heavy atom. The van der Waals surface area contributed by atoms with Crippen molar-refractivity contribution in [3.8, 4) is 17.2 Å². The second-order valence-electron chi connectivity index (χ2n) is 7.97. The van der Waals surface area contributed by atoms with Crippen LogP contribution in [-0.4, -0.2) is 41.4 Å². The molecule has 8 nitrogen and oxygen atoms in total. The zero-order valence-electron chi connectivity index (χ0n) is 20.2. The van der Waals surface area contributed by atoms with Crippen molar-refractivity contribution in [1.82, 2.24) is 4.90 Å². The molecule has 0 fully saturated rings. The monoisotopic (exact) mass is 510 g/mol. The van der Waals surface area contributed by atoms with Gasteiger partial charge >= 0.3 is 5.97 Å². The lowest BCUT2D eigenvalue weighted by atomic mass is 10.1. The highest BCUT2D eigenvalue weighted by atomic mass is 35.5. The van der Waals surface area contributed by atoms with E-state index in [9.17, 15) is 14.4 Å². The number of nitrogens with one attached hydrogen (secondary N) is 1. The standard InChI is InChI=1S/C27H27ClN2O6/c1-4-30(17(2)31)16-20-15-22(29-27(34)19-6-8-21(28)9-7-19)10-12-23(20)36-25-13-18(14-26(32)33)5-11-24(25)35-3/h5-13,15H,4,14,16H2,1-3H3,(H,29,34)(H,32,33). The Morgan fingerprint density at radius 2 is 1.67 bits per heavy atom. The first-order chi connectivity index (χ1) is 17.2. The summed E-state index contributed by atoms with van der Waals surface area (Å²) >= 11 is 5.91. The maximum absolute atomic E-state index is 12.7. The number of carboxylic acid groups (broad SMARTS) is 1. The summed E-state index contributed by atoms with van der Waals surface area (Å²) in [6.07, 6.45) is -0.170. The van der Waals surface area contributed by atoms with Gasteiger partial charge in [0.05, 0.1) is 13.5 Å². The minimum Gasteiger partial charge on any atom is -0.493 e. The Kier molecular flexibility index (Phi) is 8.91. The van der Waals surface area contributed by atoms with Crippen LogP contribution < -0.4 is 14.8 Å². The van der Waals surface area contributed by atoms with Crippen LogP contribution in [0.2, 0.25) is 5.02 Å². The Morgan fingerprint density at radius 3 is 2.28 bits per heavy atom. The first kappa shape index (κ1) is 26.6. The largest absolute Gasteiger partial charge is 0.493 e. The van der Waals surface area contributed by atoms with E-state index < -0.39 is 5.97 Å². The minimum absolute atomic E-state index is 0.111. The van der Waals surface area contributed by atoms with Crippen LogP contribution in [0.5, 0.6) is 17.2 Å². The maximum Gasteiger partial charge on any atom is 0.307 e. The van der Waals surface area contributed by atoms with Gasteiger partial charge in [0.1, 0.15) is 5.75 Å². The van der Waals surface area contributed by atoms with Crippen molar-refractivity contribution in [3.63, 3.8) is 0 Å². The third-order valence-electron chi connectivity index (χ3n) is 5.42. The first-order valence-corrected chi connectivity index (χ1v) is 11.6. The molecule has 36 heavy (non-hydrogen) atoms. The van der Waals surface area contributed by atoms with Gasteiger partial charge in [0.15, 0.2) is 11.5 Å². The number of amides is 2. The summed E-state index contributed by atoms with van der Waals surface area (Å²) in [7, 11) is 1.49. The van der Waals surface area contributed by atoms with Crippen molar-refractivity contribution in [3.05, 3.63) is 82.4 Å². The molecule has 9 heteroatoms. The molecule has 2 amide bonds. The Hall–Kier alpha value is -4.04. The third kappa shape index (κ3) is 6.99. The molecule has 0 heterocycles. The van der Waals surface area contributed by atoms with Crippen molar-refractivity contribution < 1.29 is 29.0 Å². The summed E-state index contributed by atoms with van der Waals surface area (Å²) in [6.45, 7) is 4.07. The second-order valence-corrected chi connectivity index (χ2v) is 8.41. The van der Waals surface area contributed by atoms with Crippen LogP contribution in [0.4, 0.5) is 5.69 Å². The van der Waals surface area contributed by atoms with Crippen LogP contribution in [-0.2, 0) is 22.6 Å². The molecule has 0 atom stereocenters. The Bertz CT molecular complexity index is 1260. The van der Waals surface area contributed by atoms with Gasteiger partial charge in [0.2, 0.25) is 5.91 Å². The normalized spacial score (nSPS) is 10.4. The maximum atomic E-state index is 12.7. The number of aliphatic carboxylic acids is 1. The number of methoxy groups -OCH3 is 1. The molecule has 0 saturated carbocycles. The van der Waals surface area contributed by atoms with Gasteiger partial charge in [-0.15, -0.1) is 0 Å². The van der Waals surface area contributed by atoms with E-state index in [1.165, 1.54) is 14.0 Å². The lowest BCUT2D eigenvalue weighted by Gasteiger charge is -2.22. The van der Waals surface area contributed by atoms with Crippen LogP contribution in [0.25, 0.3) is 0 Å². The zero-order chi connectivity index (χ0) is 26.2. The molecule has 0 unspecified atom stereocenters. The van der Waals surface area contributed by atoms with Gasteiger partial charge in [-0.3, -0.25) is 14.4 Å². The molecule has 0 radical (unpaired) electrons. The average molecular weight is 511 g/mol. The van der Waals surface area contributed by atoms with Gasteiger partial charge in [0, 0.05) is 41.9 Å². The molecule has 0 aliphatic carbocycles. The van der Waals surface area contributed by atoms with Crippen LogP contribution in [0.3, 0.4) is 0 Å². The molecule has 0 bridgehead atoms. The van der Waals surface area contributed by atoms with Gasteiger partial charge in [-0.05, 0) is 67.1 Å². The summed E-state index contributed by atoms with van der Waals surface area (Å²) in [5.41, 5.74) is 2.15. The molecular weight excluding hydrogens is 484 g/mol. The number of benzene rings is 3. The summed E-state index contributed by atoms with van der Waals surface area (Å²) in [5.74, 6) is -0.193. The number of ether oxygens (including phenoxy) is 2. The summed E-state index contributed by atoms with van der Waals surface area (Å²) in [5, 5.41) is 12.5. The number of hydrogen-bond donors (Lipinski definition) is 2.